The molecule has 0 radical (unpaired) electrons. The van der Waals surface area contributed by atoms with Gasteiger partial charge < -0.3 is 10.1 Å². The minimum absolute atomic E-state index is 0.715. The molecular formula is C15H28N2O. The van der Waals surface area contributed by atoms with Crippen LogP contribution < -0.4 is 5.32 Å². The van der Waals surface area contributed by atoms with Crippen molar-refractivity contribution in [3.8, 4) is 0 Å². The Hall–Kier alpha value is -0.120. The third-order valence-corrected chi connectivity index (χ3v) is 5.21. The molecule has 3 nitrogen and oxygen atoms in total. The van der Waals surface area contributed by atoms with Crippen LogP contribution in [-0.4, -0.2) is 50.3 Å². The molecule has 2 atom stereocenters. The number of ether oxygens (including phenoxy) is 1. The molecule has 3 fully saturated rings. The van der Waals surface area contributed by atoms with Crippen LogP contribution in [0, 0.1) is 11.8 Å². The predicted molar refractivity (Wildman–Crippen MR) is 73.7 cm³/mol. The van der Waals surface area contributed by atoms with Gasteiger partial charge in [-0.2, -0.15) is 0 Å². The average molecular weight is 252 g/mol. The fourth-order valence-corrected chi connectivity index (χ4v) is 3.96. The third-order valence-electron chi connectivity index (χ3n) is 5.21. The SMILES string of the molecule is COCC(C1CC1)N1CCC(C2CCCN2)CC1. The van der Waals surface area contributed by atoms with Gasteiger partial charge in [0.1, 0.15) is 0 Å². The topological polar surface area (TPSA) is 24.5 Å². The number of likely N-dealkylation sites (tertiary alicyclic amines) is 1. The first-order valence-electron chi connectivity index (χ1n) is 7.85. The summed E-state index contributed by atoms with van der Waals surface area (Å²) in [5.41, 5.74) is 0. The number of piperidine rings is 1. The first kappa shape index (κ1) is 12.9. The van der Waals surface area contributed by atoms with Crippen LogP contribution in [0.5, 0.6) is 0 Å². The molecule has 3 rings (SSSR count). The van der Waals surface area contributed by atoms with Gasteiger partial charge in [0.25, 0.3) is 0 Å². The lowest BCUT2D eigenvalue weighted by Gasteiger charge is -2.39. The Morgan fingerprint density at radius 3 is 2.50 bits per heavy atom. The number of hydrogen-bond donors (Lipinski definition) is 1. The Kier molecular flexibility index (Phi) is 4.22. The van der Waals surface area contributed by atoms with Crippen LogP contribution in [0.1, 0.15) is 38.5 Å². The highest BCUT2D eigenvalue weighted by atomic mass is 16.5. The second-order valence-electron chi connectivity index (χ2n) is 6.44. The molecule has 0 aromatic carbocycles. The summed E-state index contributed by atoms with van der Waals surface area (Å²) in [6, 6.07) is 1.54. The molecule has 0 bridgehead atoms. The minimum Gasteiger partial charge on any atom is -0.383 e. The highest BCUT2D eigenvalue weighted by Crippen LogP contribution is 2.37. The first-order chi connectivity index (χ1) is 8.88. The summed E-state index contributed by atoms with van der Waals surface area (Å²) in [5.74, 6) is 1.87. The van der Waals surface area contributed by atoms with Crippen molar-refractivity contribution in [1.82, 2.24) is 10.2 Å². The standard InChI is InChI=1S/C15H28N2O/c1-18-11-15(13-4-5-13)17-9-6-12(7-10-17)14-3-2-8-16-14/h12-16H,2-11H2,1H3. The number of methoxy groups -OCH3 is 1. The van der Waals surface area contributed by atoms with Crippen molar-refractivity contribution in [2.24, 2.45) is 11.8 Å². The summed E-state index contributed by atoms with van der Waals surface area (Å²) >= 11 is 0. The van der Waals surface area contributed by atoms with Gasteiger partial charge in [0, 0.05) is 19.2 Å². The Morgan fingerprint density at radius 2 is 1.94 bits per heavy atom. The average Bonchev–Trinajstić information content (AvgIpc) is 3.10. The first-order valence-corrected chi connectivity index (χ1v) is 7.85. The summed E-state index contributed by atoms with van der Waals surface area (Å²) in [6.45, 7) is 4.79. The molecular weight excluding hydrogens is 224 g/mol. The smallest absolute Gasteiger partial charge is 0.0620 e. The van der Waals surface area contributed by atoms with Crippen molar-refractivity contribution in [3.05, 3.63) is 0 Å². The number of nitrogens with one attached hydrogen (secondary N) is 1. The van der Waals surface area contributed by atoms with E-state index in [4.69, 9.17) is 4.74 Å². The van der Waals surface area contributed by atoms with Crippen LogP contribution in [0.3, 0.4) is 0 Å². The number of nitrogens with zero attached hydrogens (tertiary/aromatic N) is 1. The number of hydrogen-bond acceptors (Lipinski definition) is 3. The van der Waals surface area contributed by atoms with Gasteiger partial charge in [0.2, 0.25) is 0 Å². The third kappa shape index (κ3) is 2.89. The Labute approximate surface area is 111 Å². The summed E-state index contributed by atoms with van der Waals surface area (Å²) in [5, 5.41) is 3.69. The quantitative estimate of drug-likeness (QED) is 0.808. The molecule has 0 aromatic rings. The van der Waals surface area contributed by atoms with E-state index in [1.54, 1.807) is 0 Å². The Balaban J connectivity index is 1.48. The summed E-state index contributed by atoms with van der Waals surface area (Å²) in [7, 11) is 1.85. The van der Waals surface area contributed by atoms with Gasteiger partial charge in [0.15, 0.2) is 0 Å². The molecule has 1 saturated carbocycles. The van der Waals surface area contributed by atoms with Gasteiger partial charge in [0.05, 0.1) is 6.61 Å². The van der Waals surface area contributed by atoms with E-state index in [0.29, 0.717) is 6.04 Å². The lowest BCUT2D eigenvalue weighted by atomic mass is 9.88. The lowest BCUT2D eigenvalue weighted by Crippen LogP contribution is -2.47. The molecule has 2 aliphatic heterocycles. The van der Waals surface area contributed by atoms with E-state index in [0.717, 1.165) is 24.5 Å². The largest absolute Gasteiger partial charge is 0.383 e. The molecule has 104 valence electrons. The lowest BCUT2D eigenvalue weighted by molar-refractivity contribution is 0.0492. The fourth-order valence-electron chi connectivity index (χ4n) is 3.96. The molecule has 1 aliphatic carbocycles. The highest BCUT2D eigenvalue weighted by molar-refractivity contribution is 4.92. The van der Waals surface area contributed by atoms with Crippen molar-refractivity contribution in [2.75, 3.05) is 33.4 Å². The van der Waals surface area contributed by atoms with E-state index >= 15 is 0 Å². The monoisotopic (exact) mass is 252 g/mol. The molecule has 2 unspecified atom stereocenters. The maximum atomic E-state index is 5.43. The van der Waals surface area contributed by atoms with Gasteiger partial charge in [-0.15, -0.1) is 0 Å². The molecule has 1 N–H and O–H groups in total. The van der Waals surface area contributed by atoms with Crippen molar-refractivity contribution >= 4 is 0 Å². The molecule has 3 aliphatic rings. The van der Waals surface area contributed by atoms with E-state index in [2.05, 4.69) is 10.2 Å². The molecule has 3 heteroatoms. The van der Waals surface area contributed by atoms with Crippen LogP contribution in [0.4, 0.5) is 0 Å². The highest BCUT2D eigenvalue weighted by Gasteiger charge is 2.37. The second kappa shape index (κ2) is 5.89. The second-order valence-corrected chi connectivity index (χ2v) is 6.44. The Bertz CT molecular complexity index is 253. The molecule has 18 heavy (non-hydrogen) atoms. The zero-order valence-corrected chi connectivity index (χ0v) is 11.7. The minimum atomic E-state index is 0.715. The van der Waals surface area contributed by atoms with Crippen molar-refractivity contribution in [1.29, 1.82) is 0 Å². The van der Waals surface area contributed by atoms with Crippen LogP contribution in [0.2, 0.25) is 0 Å². The zero-order chi connectivity index (χ0) is 12.4. The van der Waals surface area contributed by atoms with Gasteiger partial charge in [-0.05, 0) is 70.0 Å². The molecule has 0 amide bonds. The van der Waals surface area contributed by atoms with Gasteiger partial charge >= 0.3 is 0 Å². The van der Waals surface area contributed by atoms with Crippen molar-refractivity contribution in [3.63, 3.8) is 0 Å². The van der Waals surface area contributed by atoms with Gasteiger partial charge in [-0.1, -0.05) is 0 Å². The zero-order valence-electron chi connectivity index (χ0n) is 11.7. The summed E-state index contributed by atoms with van der Waals surface area (Å²) < 4.78 is 5.43. The van der Waals surface area contributed by atoms with Crippen LogP contribution in [0.25, 0.3) is 0 Å². The number of rotatable bonds is 5. The van der Waals surface area contributed by atoms with Crippen LogP contribution in [-0.2, 0) is 4.74 Å². The van der Waals surface area contributed by atoms with Gasteiger partial charge in [-0.3, -0.25) is 4.90 Å². The normalized spacial score (nSPS) is 32.8. The van der Waals surface area contributed by atoms with Gasteiger partial charge in [-0.25, -0.2) is 0 Å². The molecule has 2 saturated heterocycles. The maximum absolute atomic E-state index is 5.43. The Morgan fingerprint density at radius 1 is 1.17 bits per heavy atom. The maximum Gasteiger partial charge on any atom is 0.0620 e. The van der Waals surface area contributed by atoms with E-state index in [9.17, 15) is 0 Å². The fraction of sp³-hybridized carbons (Fsp3) is 1.00. The van der Waals surface area contributed by atoms with Crippen LogP contribution in [0.15, 0.2) is 0 Å². The van der Waals surface area contributed by atoms with E-state index in [1.165, 1.54) is 58.2 Å². The molecule has 2 heterocycles. The molecule has 0 aromatic heterocycles. The summed E-state index contributed by atoms with van der Waals surface area (Å²) in [4.78, 5) is 2.71. The predicted octanol–water partition coefficient (Wildman–Crippen LogP) is 1.88. The van der Waals surface area contributed by atoms with Crippen molar-refractivity contribution < 1.29 is 4.74 Å². The molecule has 0 spiro atoms. The van der Waals surface area contributed by atoms with Crippen LogP contribution >= 0.6 is 0 Å². The van der Waals surface area contributed by atoms with Crippen molar-refractivity contribution in [2.45, 2.75) is 50.6 Å². The summed E-state index contributed by atoms with van der Waals surface area (Å²) in [6.07, 6.45) is 8.44. The van der Waals surface area contributed by atoms with E-state index in [1.807, 2.05) is 7.11 Å². The van der Waals surface area contributed by atoms with E-state index in [-0.39, 0.29) is 0 Å². The van der Waals surface area contributed by atoms with E-state index < -0.39 is 0 Å².